The predicted molar refractivity (Wildman–Crippen MR) is 92.6 cm³/mol. The fourth-order valence-corrected chi connectivity index (χ4v) is 3.39. The van der Waals surface area contributed by atoms with Crippen LogP contribution in [-0.4, -0.2) is 8.42 Å². The van der Waals surface area contributed by atoms with Crippen molar-refractivity contribution in [1.29, 1.82) is 0 Å². The molecule has 0 bridgehead atoms. The van der Waals surface area contributed by atoms with Crippen LogP contribution >= 0.6 is 22.7 Å². The molecule has 106 valence electrons. The molecule has 5 heteroatoms. The first kappa shape index (κ1) is 15.6. The zero-order valence-electron chi connectivity index (χ0n) is 11.0. The quantitative estimate of drug-likeness (QED) is 0.447. The van der Waals surface area contributed by atoms with Gasteiger partial charge < -0.3 is 0 Å². The second kappa shape index (κ2) is 8.46. The summed E-state index contributed by atoms with van der Waals surface area (Å²) in [6.07, 6.45) is 0. The van der Waals surface area contributed by atoms with E-state index in [0.717, 1.165) is 0 Å². The maximum atomic E-state index is 8.29. The summed E-state index contributed by atoms with van der Waals surface area (Å²) in [4.78, 5) is 0. The molecule has 0 spiro atoms. The van der Waals surface area contributed by atoms with Crippen molar-refractivity contribution in [3.05, 3.63) is 71.4 Å². The maximum Gasteiger partial charge on any atom is 0.335 e. The average Bonchev–Trinajstić information content (AvgIpc) is 3.17. The van der Waals surface area contributed by atoms with E-state index in [-0.39, 0.29) is 0 Å². The first-order chi connectivity index (χ1) is 10.3. The molecule has 0 atom stereocenters. The summed E-state index contributed by atoms with van der Waals surface area (Å²) >= 11 is 2.82. The Bertz CT molecular complexity index is 716. The van der Waals surface area contributed by atoms with Crippen molar-refractivity contribution < 1.29 is 8.42 Å². The third-order valence-corrected chi connectivity index (χ3v) is 4.52. The summed E-state index contributed by atoms with van der Waals surface area (Å²) in [5, 5.41) is 6.93. The van der Waals surface area contributed by atoms with Gasteiger partial charge in [0.25, 0.3) is 0 Å². The van der Waals surface area contributed by atoms with Crippen molar-refractivity contribution in [2.45, 2.75) is 0 Å². The van der Waals surface area contributed by atoms with Crippen molar-refractivity contribution in [2.24, 2.45) is 0 Å². The Morgan fingerprint density at radius 2 is 1.00 bits per heavy atom. The highest BCUT2D eigenvalue weighted by Crippen LogP contribution is 2.19. The van der Waals surface area contributed by atoms with E-state index in [0.29, 0.717) is 0 Å². The number of thiophene rings is 2. The van der Waals surface area contributed by atoms with Crippen LogP contribution in [0.4, 0.5) is 0 Å². The summed E-state index contributed by atoms with van der Waals surface area (Å²) in [6.45, 7) is 0. The molecule has 0 aliphatic heterocycles. The highest BCUT2D eigenvalue weighted by molar-refractivity contribution is 7.51. The van der Waals surface area contributed by atoms with E-state index in [2.05, 4.69) is 71.4 Å². The summed E-state index contributed by atoms with van der Waals surface area (Å²) in [5.74, 6) is 0. The van der Waals surface area contributed by atoms with Crippen molar-refractivity contribution in [1.82, 2.24) is 0 Å². The van der Waals surface area contributed by atoms with Crippen LogP contribution in [0.5, 0.6) is 0 Å². The standard InChI is InChI=1S/2C8H6S.O2S/c2*1-2-4-8-7(3-1)5-6-9-8;1-3-2/h2*1-6H;. The minimum atomic E-state index is -0.750. The lowest BCUT2D eigenvalue weighted by Crippen LogP contribution is -1.56. The van der Waals surface area contributed by atoms with Gasteiger partial charge in [0.2, 0.25) is 0 Å². The SMILES string of the molecule is O=S=O.c1ccc2sccc2c1.c1ccc2sccc2c1. The number of hydrogen-bond donors (Lipinski definition) is 0. The third kappa shape index (κ3) is 4.60. The predicted octanol–water partition coefficient (Wildman–Crippen LogP) is 5.13. The smallest absolute Gasteiger partial charge is 0.168 e. The second-order valence-electron chi connectivity index (χ2n) is 3.98. The highest BCUT2D eigenvalue weighted by Gasteiger charge is 1.88. The molecule has 21 heavy (non-hydrogen) atoms. The molecular formula is C16H12O2S3. The van der Waals surface area contributed by atoms with Gasteiger partial charge in [-0.1, -0.05) is 36.4 Å². The minimum Gasteiger partial charge on any atom is -0.168 e. The lowest BCUT2D eigenvalue weighted by Gasteiger charge is -1.82. The highest BCUT2D eigenvalue weighted by atomic mass is 32.1. The molecule has 0 N–H and O–H groups in total. The average molecular weight is 332 g/mol. The van der Waals surface area contributed by atoms with Gasteiger partial charge in [-0.25, -0.2) is 0 Å². The molecule has 0 radical (unpaired) electrons. The van der Waals surface area contributed by atoms with E-state index >= 15 is 0 Å². The molecular weight excluding hydrogens is 320 g/mol. The van der Waals surface area contributed by atoms with Gasteiger partial charge >= 0.3 is 11.6 Å². The Hall–Kier alpha value is -1.82. The molecule has 2 nitrogen and oxygen atoms in total. The monoisotopic (exact) mass is 332 g/mol. The van der Waals surface area contributed by atoms with Crippen LogP contribution < -0.4 is 0 Å². The Morgan fingerprint density at radius 1 is 0.619 bits per heavy atom. The molecule has 0 unspecified atom stereocenters. The molecule has 2 aromatic carbocycles. The van der Waals surface area contributed by atoms with E-state index in [4.69, 9.17) is 8.42 Å². The Labute approximate surface area is 134 Å². The molecule has 0 saturated heterocycles. The van der Waals surface area contributed by atoms with Gasteiger partial charge in [0.1, 0.15) is 0 Å². The van der Waals surface area contributed by atoms with Crippen LogP contribution in [0.15, 0.2) is 71.4 Å². The topological polar surface area (TPSA) is 34.1 Å². The van der Waals surface area contributed by atoms with E-state index in [9.17, 15) is 0 Å². The van der Waals surface area contributed by atoms with Crippen molar-refractivity contribution >= 4 is 54.4 Å². The summed E-state index contributed by atoms with van der Waals surface area (Å²) in [7, 11) is 0. The van der Waals surface area contributed by atoms with Crippen LogP contribution in [0, 0.1) is 0 Å². The van der Waals surface area contributed by atoms with Gasteiger partial charge in [0.05, 0.1) is 0 Å². The van der Waals surface area contributed by atoms with Crippen LogP contribution in [-0.2, 0) is 11.6 Å². The van der Waals surface area contributed by atoms with Gasteiger partial charge in [-0.15, -0.1) is 22.7 Å². The molecule has 2 aromatic heterocycles. The van der Waals surface area contributed by atoms with Crippen LogP contribution in [0.1, 0.15) is 0 Å². The molecule has 0 aliphatic carbocycles. The zero-order chi connectivity index (χ0) is 14.9. The van der Waals surface area contributed by atoms with Crippen LogP contribution in [0.3, 0.4) is 0 Å². The summed E-state index contributed by atoms with van der Waals surface area (Å²) in [6, 6.07) is 21.1. The van der Waals surface area contributed by atoms with Crippen LogP contribution in [0.2, 0.25) is 0 Å². The fourth-order valence-electron chi connectivity index (χ4n) is 1.81. The molecule has 4 rings (SSSR count). The molecule has 4 aromatic rings. The third-order valence-electron chi connectivity index (χ3n) is 2.72. The van der Waals surface area contributed by atoms with E-state index in [1.54, 1.807) is 22.7 Å². The van der Waals surface area contributed by atoms with E-state index < -0.39 is 11.6 Å². The van der Waals surface area contributed by atoms with Crippen LogP contribution in [0.25, 0.3) is 20.2 Å². The maximum absolute atomic E-state index is 8.29. The first-order valence-electron chi connectivity index (χ1n) is 6.11. The van der Waals surface area contributed by atoms with Crippen molar-refractivity contribution in [3.8, 4) is 0 Å². The molecule has 0 saturated carbocycles. The number of fused-ring (bicyclic) bond motifs is 2. The minimum absolute atomic E-state index is 0.750. The number of rotatable bonds is 0. The normalized spacial score (nSPS) is 9.33. The van der Waals surface area contributed by atoms with Gasteiger partial charge in [-0.2, -0.15) is 8.42 Å². The van der Waals surface area contributed by atoms with Crippen molar-refractivity contribution in [3.63, 3.8) is 0 Å². The summed E-state index contributed by atoms with van der Waals surface area (Å²) < 4.78 is 19.3. The molecule has 0 amide bonds. The molecule has 0 fully saturated rings. The largest absolute Gasteiger partial charge is 0.335 e. The summed E-state index contributed by atoms with van der Waals surface area (Å²) in [5.41, 5.74) is 0. The Balaban J connectivity index is 0.000000130. The lowest BCUT2D eigenvalue weighted by atomic mass is 10.3. The number of hydrogen-bond acceptors (Lipinski definition) is 4. The fraction of sp³-hybridized carbons (Fsp3) is 0. The molecule has 0 aliphatic rings. The van der Waals surface area contributed by atoms with Gasteiger partial charge in [-0.3, -0.25) is 0 Å². The van der Waals surface area contributed by atoms with Gasteiger partial charge in [0.15, 0.2) is 0 Å². The number of benzene rings is 2. The molecule has 2 heterocycles. The Kier molecular flexibility index (Phi) is 6.27. The lowest BCUT2D eigenvalue weighted by molar-refractivity contribution is 0.630. The van der Waals surface area contributed by atoms with Gasteiger partial charge in [-0.05, 0) is 45.8 Å². The van der Waals surface area contributed by atoms with E-state index in [1.807, 2.05) is 0 Å². The van der Waals surface area contributed by atoms with Crippen molar-refractivity contribution in [2.75, 3.05) is 0 Å². The second-order valence-corrected chi connectivity index (χ2v) is 6.02. The Morgan fingerprint density at radius 3 is 1.38 bits per heavy atom. The van der Waals surface area contributed by atoms with E-state index in [1.165, 1.54) is 20.2 Å². The first-order valence-corrected chi connectivity index (χ1v) is 8.54. The van der Waals surface area contributed by atoms with Gasteiger partial charge in [0, 0.05) is 9.40 Å². The zero-order valence-corrected chi connectivity index (χ0v) is 13.4.